The molecule has 0 bridgehead atoms. The molecule has 0 spiro atoms. The molecule has 1 fully saturated rings. The second kappa shape index (κ2) is 5.36. The fraction of sp³-hybridized carbons (Fsp3) is 0.500. The summed E-state index contributed by atoms with van der Waals surface area (Å²) in [5.74, 6) is 0.688. The maximum absolute atomic E-state index is 11.4. The maximum atomic E-state index is 11.4. The van der Waals surface area contributed by atoms with Gasteiger partial charge in [0.25, 0.3) is 0 Å². The van der Waals surface area contributed by atoms with Crippen molar-refractivity contribution in [1.29, 1.82) is 0 Å². The lowest BCUT2D eigenvalue weighted by Gasteiger charge is -2.18. The van der Waals surface area contributed by atoms with Gasteiger partial charge >= 0.3 is 0 Å². The molecular weight excluding hydrogens is 270 g/mol. The maximum Gasteiger partial charge on any atom is 0.156 e. The van der Waals surface area contributed by atoms with E-state index < -0.39 is 22.0 Å². The number of methoxy groups -OCH3 is 1. The SMILES string of the molecule is COc1ccc(OC2CS(=O)(=O)CC2O)c(CN)c1. The number of aliphatic hydroxyl groups is 1. The molecule has 106 valence electrons. The highest BCUT2D eigenvalue weighted by Crippen LogP contribution is 2.27. The van der Waals surface area contributed by atoms with Crippen LogP contribution in [0.1, 0.15) is 5.56 Å². The second-order valence-electron chi connectivity index (χ2n) is 4.48. The molecule has 19 heavy (non-hydrogen) atoms. The average molecular weight is 287 g/mol. The normalized spacial score (nSPS) is 25.2. The van der Waals surface area contributed by atoms with Crippen molar-refractivity contribution in [3.05, 3.63) is 23.8 Å². The van der Waals surface area contributed by atoms with E-state index in [1.54, 1.807) is 25.3 Å². The molecule has 2 atom stereocenters. The molecule has 2 rings (SSSR count). The zero-order chi connectivity index (χ0) is 14.0. The lowest BCUT2D eigenvalue weighted by Crippen LogP contribution is -2.30. The van der Waals surface area contributed by atoms with Crippen LogP contribution < -0.4 is 15.2 Å². The molecule has 3 N–H and O–H groups in total. The average Bonchev–Trinajstić information content (AvgIpc) is 2.62. The van der Waals surface area contributed by atoms with Gasteiger partial charge in [0.2, 0.25) is 0 Å². The van der Waals surface area contributed by atoms with Crippen LogP contribution in [0.2, 0.25) is 0 Å². The number of benzene rings is 1. The van der Waals surface area contributed by atoms with Crippen LogP contribution in [0.4, 0.5) is 0 Å². The minimum absolute atomic E-state index is 0.176. The van der Waals surface area contributed by atoms with Crippen molar-refractivity contribution in [2.24, 2.45) is 5.73 Å². The molecule has 1 aliphatic heterocycles. The van der Waals surface area contributed by atoms with E-state index in [-0.39, 0.29) is 18.1 Å². The monoisotopic (exact) mass is 287 g/mol. The summed E-state index contributed by atoms with van der Waals surface area (Å²) in [5, 5.41) is 9.69. The van der Waals surface area contributed by atoms with Gasteiger partial charge in [-0.05, 0) is 18.2 Å². The molecule has 1 saturated heterocycles. The number of aliphatic hydroxyl groups excluding tert-OH is 1. The van der Waals surface area contributed by atoms with E-state index in [0.29, 0.717) is 17.1 Å². The minimum Gasteiger partial charge on any atom is -0.497 e. The molecule has 1 aromatic rings. The van der Waals surface area contributed by atoms with Crippen LogP contribution in [0, 0.1) is 0 Å². The van der Waals surface area contributed by atoms with Gasteiger partial charge in [-0.25, -0.2) is 8.42 Å². The third kappa shape index (κ3) is 3.17. The van der Waals surface area contributed by atoms with Crippen molar-refractivity contribution in [2.45, 2.75) is 18.8 Å². The number of ether oxygens (including phenoxy) is 2. The molecule has 0 amide bonds. The topological polar surface area (TPSA) is 98.8 Å². The van der Waals surface area contributed by atoms with E-state index in [1.165, 1.54) is 0 Å². The predicted molar refractivity (Wildman–Crippen MR) is 70.0 cm³/mol. The summed E-state index contributed by atoms with van der Waals surface area (Å²) in [6.45, 7) is 0.238. The fourth-order valence-electron chi connectivity index (χ4n) is 2.03. The second-order valence-corrected chi connectivity index (χ2v) is 6.63. The zero-order valence-electron chi connectivity index (χ0n) is 10.6. The third-order valence-electron chi connectivity index (χ3n) is 3.04. The molecule has 1 aromatic carbocycles. The summed E-state index contributed by atoms with van der Waals surface area (Å²) in [4.78, 5) is 0. The molecule has 7 heteroatoms. The molecule has 1 heterocycles. The summed E-state index contributed by atoms with van der Waals surface area (Å²) < 4.78 is 33.5. The summed E-state index contributed by atoms with van der Waals surface area (Å²) in [6.07, 6.45) is -1.75. The smallest absolute Gasteiger partial charge is 0.156 e. The Labute approximate surface area is 112 Å². The lowest BCUT2D eigenvalue weighted by molar-refractivity contribution is 0.0731. The van der Waals surface area contributed by atoms with Crippen LogP contribution in [-0.2, 0) is 16.4 Å². The number of sulfone groups is 1. The first kappa shape index (κ1) is 14.1. The van der Waals surface area contributed by atoms with E-state index in [1.807, 2.05) is 0 Å². The van der Waals surface area contributed by atoms with E-state index in [9.17, 15) is 13.5 Å². The fourth-order valence-corrected chi connectivity index (χ4v) is 3.69. The Bertz CT molecular complexity index is 557. The van der Waals surface area contributed by atoms with Gasteiger partial charge in [0, 0.05) is 12.1 Å². The van der Waals surface area contributed by atoms with Crippen LogP contribution >= 0.6 is 0 Å². The Kier molecular flexibility index (Phi) is 3.98. The molecule has 0 aromatic heterocycles. The van der Waals surface area contributed by atoms with Crippen molar-refractivity contribution in [3.63, 3.8) is 0 Å². The number of hydrogen-bond acceptors (Lipinski definition) is 6. The molecule has 1 aliphatic rings. The van der Waals surface area contributed by atoms with E-state index in [0.717, 1.165) is 0 Å². The van der Waals surface area contributed by atoms with Crippen LogP contribution in [0.5, 0.6) is 11.5 Å². The van der Waals surface area contributed by atoms with Gasteiger partial charge in [-0.1, -0.05) is 0 Å². The summed E-state index contributed by atoms with van der Waals surface area (Å²) in [7, 11) is -1.68. The molecule has 0 saturated carbocycles. The van der Waals surface area contributed by atoms with Crippen molar-refractivity contribution in [3.8, 4) is 11.5 Å². The van der Waals surface area contributed by atoms with Gasteiger partial charge in [0.15, 0.2) is 9.84 Å². The van der Waals surface area contributed by atoms with Gasteiger partial charge in [-0.2, -0.15) is 0 Å². The van der Waals surface area contributed by atoms with Crippen molar-refractivity contribution < 1.29 is 23.0 Å². The largest absolute Gasteiger partial charge is 0.497 e. The Hall–Kier alpha value is -1.31. The summed E-state index contributed by atoms with van der Waals surface area (Å²) in [6, 6.07) is 5.09. The molecule has 0 radical (unpaired) electrons. The third-order valence-corrected chi connectivity index (χ3v) is 4.72. The van der Waals surface area contributed by atoms with Gasteiger partial charge in [-0.15, -0.1) is 0 Å². The highest BCUT2D eigenvalue weighted by Gasteiger charge is 2.38. The van der Waals surface area contributed by atoms with Crippen molar-refractivity contribution in [2.75, 3.05) is 18.6 Å². The highest BCUT2D eigenvalue weighted by molar-refractivity contribution is 7.91. The first-order chi connectivity index (χ1) is 8.95. The van der Waals surface area contributed by atoms with E-state index in [2.05, 4.69) is 0 Å². The molecule has 0 aliphatic carbocycles. The first-order valence-electron chi connectivity index (χ1n) is 5.87. The number of nitrogens with two attached hydrogens (primary N) is 1. The summed E-state index contributed by atoms with van der Waals surface area (Å²) >= 11 is 0. The van der Waals surface area contributed by atoms with Gasteiger partial charge < -0.3 is 20.3 Å². The Morgan fingerprint density at radius 2 is 2.16 bits per heavy atom. The van der Waals surface area contributed by atoms with E-state index in [4.69, 9.17) is 15.2 Å². The van der Waals surface area contributed by atoms with Crippen molar-refractivity contribution in [1.82, 2.24) is 0 Å². The van der Waals surface area contributed by atoms with Gasteiger partial charge in [-0.3, -0.25) is 0 Å². The first-order valence-corrected chi connectivity index (χ1v) is 7.69. The standard InChI is InChI=1S/C12H17NO5S/c1-17-9-2-3-11(8(4-9)5-13)18-12-7-19(15,16)6-10(12)14/h2-4,10,12,14H,5-7,13H2,1H3. The Morgan fingerprint density at radius 3 is 2.68 bits per heavy atom. The Balaban J connectivity index is 2.19. The lowest BCUT2D eigenvalue weighted by atomic mass is 10.2. The molecular formula is C12H17NO5S. The zero-order valence-corrected chi connectivity index (χ0v) is 11.4. The number of rotatable bonds is 4. The quantitative estimate of drug-likeness (QED) is 0.788. The van der Waals surface area contributed by atoms with E-state index >= 15 is 0 Å². The molecule has 2 unspecified atom stereocenters. The summed E-state index contributed by atoms with van der Waals surface area (Å²) in [5.41, 5.74) is 6.32. The molecule has 6 nitrogen and oxygen atoms in total. The van der Waals surface area contributed by atoms with Crippen LogP contribution in [0.3, 0.4) is 0 Å². The Morgan fingerprint density at radius 1 is 1.42 bits per heavy atom. The number of hydrogen-bond donors (Lipinski definition) is 2. The predicted octanol–water partition coefficient (Wildman–Crippen LogP) is -0.309. The van der Waals surface area contributed by atoms with Crippen LogP contribution in [0.25, 0.3) is 0 Å². The van der Waals surface area contributed by atoms with Crippen molar-refractivity contribution >= 4 is 9.84 Å². The van der Waals surface area contributed by atoms with Gasteiger partial charge in [0.1, 0.15) is 23.7 Å². The van der Waals surface area contributed by atoms with Gasteiger partial charge in [0.05, 0.1) is 18.6 Å². The highest BCUT2D eigenvalue weighted by atomic mass is 32.2. The van der Waals surface area contributed by atoms with Crippen LogP contribution in [0.15, 0.2) is 18.2 Å². The van der Waals surface area contributed by atoms with Crippen LogP contribution in [-0.4, -0.2) is 44.3 Å². The minimum atomic E-state index is -3.23.